The minimum Gasteiger partial charge on any atom is -0.494 e. The molecular weight excluding hydrogens is 292 g/mol. The van der Waals surface area contributed by atoms with E-state index < -0.39 is 0 Å². The molecule has 23 heavy (non-hydrogen) atoms. The number of Topliss-reactive ketones (excluding diaryl/α,β-unsaturated/α-hetero) is 1. The van der Waals surface area contributed by atoms with Gasteiger partial charge in [-0.25, -0.2) is 0 Å². The standard InChI is InChI=1S/C18H26N2O3/c1-13-17(8-4-10-19-13)20-18(22)9-5-11-23-16-7-3-6-15(12-16)14(2)21/h3,6-7,12-13,17,19H,4-5,8-11H2,1-2H3,(H,20,22). The van der Waals surface area contributed by atoms with Crippen LogP contribution in [-0.4, -0.2) is 36.9 Å². The van der Waals surface area contributed by atoms with Gasteiger partial charge in [0.05, 0.1) is 6.61 Å². The highest BCUT2D eigenvalue weighted by molar-refractivity contribution is 5.94. The van der Waals surface area contributed by atoms with Crippen molar-refractivity contribution in [2.75, 3.05) is 13.2 Å². The summed E-state index contributed by atoms with van der Waals surface area (Å²) in [6.07, 6.45) is 3.25. The molecule has 1 fully saturated rings. The second-order valence-corrected chi connectivity index (χ2v) is 6.10. The van der Waals surface area contributed by atoms with Crippen LogP contribution in [0.1, 0.15) is 49.9 Å². The van der Waals surface area contributed by atoms with Crippen LogP contribution in [0.3, 0.4) is 0 Å². The van der Waals surface area contributed by atoms with Crippen molar-refractivity contribution in [1.82, 2.24) is 10.6 Å². The first-order valence-corrected chi connectivity index (χ1v) is 8.33. The van der Waals surface area contributed by atoms with Crippen LogP contribution in [0.25, 0.3) is 0 Å². The number of ketones is 1. The normalized spacial score (nSPS) is 20.8. The molecule has 2 N–H and O–H groups in total. The van der Waals surface area contributed by atoms with Crippen molar-refractivity contribution in [3.63, 3.8) is 0 Å². The first-order valence-electron chi connectivity index (χ1n) is 8.33. The van der Waals surface area contributed by atoms with E-state index in [4.69, 9.17) is 4.74 Å². The number of hydrogen-bond acceptors (Lipinski definition) is 4. The molecule has 5 nitrogen and oxygen atoms in total. The lowest BCUT2D eigenvalue weighted by Crippen LogP contribution is -2.51. The second kappa shape index (κ2) is 8.67. The number of carbonyl (C=O) groups excluding carboxylic acids is 2. The molecule has 0 radical (unpaired) electrons. The van der Waals surface area contributed by atoms with Gasteiger partial charge in [-0.2, -0.15) is 0 Å². The molecule has 1 aromatic rings. The number of piperidine rings is 1. The molecule has 1 amide bonds. The summed E-state index contributed by atoms with van der Waals surface area (Å²) in [4.78, 5) is 23.3. The van der Waals surface area contributed by atoms with Crippen LogP contribution in [0.4, 0.5) is 0 Å². The van der Waals surface area contributed by atoms with Gasteiger partial charge in [-0.15, -0.1) is 0 Å². The summed E-state index contributed by atoms with van der Waals surface area (Å²) in [5, 5.41) is 6.46. The van der Waals surface area contributed by atoms with Gasteiger partial charge in [0.15, 0.2) is 5.78 Å². The average molecular weight is 318 g/mol. The zero-order valence-electron chi connectivity index (χ0n) is 13.9. The monoisotopic (exact) mass is 318 g/mol. The molecule has 1 heterocycles. The minimum atomic E-state index is 0.0186. The van der Waals surface area contributed by atoms with E-state index in [-0.39, 0.29) is 17.7 Å². The highest BCUT2D eigenvalue weighted by Crippen LogP contribution is 2.14. The number of hydrogen-bond donors (Lipinski definition) is 2. The fourth-order valence-electron chi connectivity index (χ4n) is 2.75. The molecule has 2 atom stereocenters. The number of rotatable bonds is 7. The highest BCUT2D eigenvalue weighted by atomic mass is 16.5. The van der Waals surface area contributed by atoms with Crippen molar-refractivity contribution in [3.8, 4) is 5.75 Å². The highest BCUT2D eigenvalue weighted by Gasteiger charge is 2.21. The first-order chi connectivity index (χ1) is 11.1. The molecule has 0 bridgehead atoms. The van der Waals surface area contributed by atoms with Gasteiger partial charge in [-0.1, -0.05) is 12.1 Å². The molecule has 1 aliphatic heterocycles. The number of amides is 1. The van der Waals surface area contributed by atoms with E-state index in [0.29, 0.717) is 36.8 Å². The van der Waals surface area contributed by atoms with Crippen LogP contribution in [0.15, 0.2) is 24.3 Å². The smallest absolute Gasteiger partial charge is 0.220 e. The molecule has 2 rings (SSSR count). The molecular formula is C18H26N2O3. The van der Waals surface area contributed by atoms with E-state index in [1.54, 1.807) is 18.2 Å². The van der Waals surface area contributed by atoms with Gasteiger partial charge in [0.2, 0.25) is 5.91 Å². The van der Waals surface area contributed by atoms with Crippen LogP contribution in [0.5, 0.6) is 5.75 Å². The number of benzene rings is 1. The molecule has 0 aliphatic carbocycles. The first kappa shape index (κ1) is 17.5. The van der Waals surface area contributed by atoms with Gasteiger partial charge in [0.25, 0.3) is 0 Å². The molecule has 0 saturated carbocycles. The fraction of sp³-hybridized carbons (Fsp3) is 0.556. The number of ether oxygens (including phenoxy) is 1. The predicted octanol–water partition coefficient (Wildman–Crippen LogP) is 2.30. The Hall–Kier alpha value is -1.88. The maximum absolute atomic E-state index is 12.0. The Labute approximate surface area is 137 Å². The maximum Gasteiger partial charge on any atom is 0.220 e. The zero-order valence-corrected chi connectivity index (χ0v) is 13.9. The molecule has 0 spiro atoms. The molecule has 0 aromatic heterocycles. The summed E-state index contributed by atoms with van der Waals surface area (Å²) in [5.41, 5.74) is 0.638. The summed E-state index contributed by atoms with van der Waals surface area (Å²) in [7, 11) is 0. The Morgan fingerprint density at radius 3 is 2.96 bits per heavy atom. The van der Waals surface area contributed by atoms with Crippen molar-refractivity contribution < 1.29 is 14.3 Å². The van der Waals surface area contributed by atoms with Crippen molar-refractivity contribution in [2.24, 2.45) is 0 Å². The molecule has 2 unspecified atom stereocenters. The summed E-state index contributed by atoms with van der Waals surface area (Å²) >= 11 is 0. The van der Waals surface area contributed by atoms with Gasteiger partial charge in [-0.05, 0) is 51.8 Å². The van der Waals surface area contributed by atoms with E-state index in [9.17, 15) is 9.59 Å². The molecule has 126 valence electrons. The Kier molecular flexibility index (Phi) is 6.59. The van der Waals surface area contributed by atoms with Crippen LogP contribution in [0.2, 0.25) is 0 Å². The molecule has 5 heteroatoms. The van der Waals surface area contributed by atoms with Gasteiger partial charge >= 0.3 is 0 Å². The summed E-state index contributed by atoms with van der Waals surface area (Å²) in [5.74, 6) is 0.764. The average Bonchev–Trinajstić information content (AvgIpc) is 2.54. The minimum absolute atomic E-state index is 0.0186. The third-order valence-corrected chi connectivity index (χ3v) is 4.17. The van der Waals surface area contributed by atoms with Crippen molar-refractivity contribution in [1.29, 1.82) is 0 Å². The lowest BCUT2D eigenvalue weighted by molar-refractivity contribution is -0.122. The lowest BCUT2D eigenvalue weighted by atomic mass is 10.00. The van der Waals surface area contributed by atoms with E-state index in [1.165, 1.54) is 6.92 Å². The topological polar surface area (TPSA) is 67.4 Å². The van der Waals surface area contributed by atoms with E-state index in [1.807, 2.05) is 6.07 Å². The zero-order chi connectivity index (χ0) is 16.7. The third kappa shape index (κ3) is 5.67. The molecule has 1 aliphatic rings. The fourth-order valence-corrected chi connectivity index (χ4v) is 2.75. The van der Waals surface area contributed by atoms with Crippen molar-refractivity contribution in [3.05, 3.63) is 29.8 Å². The van der Waals surface area contributed by atoms with E-state index >= 15 is 0 Å². The van der Waals surface area contributed by atoms with Crippen molar-refractivity contribution >= 4 is 11.7 Å². The van der Waals surface area contributed by atoms with Crippen LogP contribution in [0, 0.1) is 0 Å². The Bertz CT molecular complexity index is 545. The SMILES string of the molecule is CC(=O)c1cccc(OCCCC(=O)NC2CCCNC2C)c1. The van der Waals surface area contributed by atoms with Crippen LogP contribution in [-0.2, 0) is 4.79 Å². The van der Waals surface area contributed by atoms with Gasteiger partial charge in [-0.3, -0.25) is 9.59 Å². The van der Waals surface area contributed by atoms with Crippen LogP contribution < -0.4 is 15.4 Å². The van der Waals surface area contributed by atoms with Gasteiger partial charge in [0, 0.05) is 24.1 Å². The number of nitrogens with one attached hydrogen (secondary N) is 2. The summed E-state index contributed by atoms with van der Waals surface area (Å²) < 4.78 is 5.61. The van der Waals surface area contributed by atoms with Gasteiger partial charge < -0.3 is 15.4 Å². The predicted molar refractivity (Wildman–Crippen MR) is 89.8 cm³/mol. The van der Waals surface area contributed by atoms with Crippen LogP contribution >= 0.6 is 0 Å². The largest absolute Gasteiger partial charge is 0.494 e. The number of carbonyl (C=O) groups is 2. The third-order valence-electron chi connectivity index (χ3n) is 4.17. The maximum atomic E-state index is 12.0. The lowest BCUT2D eigenvalue weighted by Gasteiger charge is -2.30. The second-order valence-electron chi connectivity index (χ2n) is 6.10. The van der Waals surface area contributed by atoms with Crippen molar-refractivity contribution in [2.45, 2.75) is 51.6 Å². The quantitative estimate of drug-likeness (QED) is 0.598. The van der Waals surface area contributed by atoms with Gasteiger partial charge in [0.1, 0.15) is 5.75 Å². The Balaban J connectivity index is 1.67. The Morgan fingerprint density at radius 2 is 2.22 bits per heavy atom. The van der Waals surface area contributed by atoms with E-state index in [2.05, 4.69) is 17.6 Å². The molecule has 1 aromatic carbocycles. The molecule has 1 saturated heterocycles. The summed E-state index contributed by atoms with van der Waals surface area (Å²) in [6.45, 7) is 5.13. The van der Waals surface area contributed by atoms with E-state index in [0.717, 1.165) is 19.4 Å². The summed E-state index contributed by atoms with van der Waals surface area (Å²) in [6, 6.07) is 7.68. The Morgan fingerprint density at radius 1 is 1.39 bits per heavy atom.